The summed E-state index contributed by atoms with van der Waals surface area (Å²) >= 11 is 1.53. The summed E-state index contributed by atoms with van der Waals surface area (Å²) < 4.78 is 10.6. The highest BCUT2D eigenvalue weighted by Gasteiger charge is 2.17. The molecule has 1 heterocycles. The Balaban J connectivity index is 1.70. The van der Waals surface area contributed by atoms with E-state index in [0.717, 1.165) is 30.3 Å². The Bertz CT molecular complexity index is 574. The molecule has 0 radical (unpaired) electrons. The summed E-state index contributed by atoms with van der Waals surface area (Å²) in [5, 5.41) is 2.91. The number of nitrogens with one attached hydrogen (secondary N) is 1. The quantitative estimate of drug-likeness (QED) is 0.525. The van der Waals surface area contributed by atoms with Crippen LogP contribution in [0, 0.1) is 5.92 Å². The van der Waals surface area contributed by atoms with E-state index in [1.807, 2.05) is 25.1 Å². The largest absolute Gasteiger partial charge is 0.493 e. The number of hydrogen-bond donors (Lipinski definition) is 1. The van der Waals surface area contributed by atoms with Crippen LogP contribution in [0.15, 0.2) is 23.1 Å². The second kappa shape index (κ2) is 10.7. The first-order chi connectivity index (χ1) is 12.5. The molecule has 1 atom stereocenters. The molecule has 2 rings (SSSR count). The minimum Gasteiger partial charge on any atom is -0.493 e. The van der Waals surface area contributed by atoms with Crippen LogP contribution < -0.4 is 14.8 Å². The van der Waals surface area contributed by atoms with Crippen molar-refractivity contribution in [3.63, 3.8) is 0 Å². The Labute approximate surface area is 161 Å². The maximum Gasteiger partial charge on any atom is 0.233 e. The molecule has 0 spiro atoms. The molecule has 146 valence electrons. The average Bonchev–Trinajstić information content (AvgIpc) is 2.66. The van der Waals surface area contributed by atoms with E-state index in [9.17, 15) is 4.79 Å². The van der Waals surface area contributed by atoms with Crippen LogP contribution in [0.1, 0.15) is 33.1 Å². The van der Waals surface area contributed by atoms with Crippen molar-refractivity contribution >= 4 is 17.7 Å². The van der Waals surface area contributed by atoms with E-state index >= 15 is 0 Å². The molecule has 0 aliphatic carbocycles. The van der Waals surface area contributed by atoms with E-state index in [1.165, 1.54) is 37.7 Å². The van der Waals surface area contributed by atoms with Crippen molar-refractivity contribution in [2.75, 3.05) is 40.4 Å². The van der Waals surface area contributed by atoms with Gasteiger partial charge in [0.25, 0.3) is 0 Å². The van der Waals surface area contributed by atoms with Gasteiger partial charge in [-0.3, -0.25) is 4.79 Å². The number of methoxy groups -OCH3 is 2. The number of thioether (sulfide) groups is 1. The minimum absolute atomic E-state index is 0.0806. The number of likely N-dealkylation sites (tertiary alicyclic amines) is 1. The zero-order valence-electron chi connectivity index (χ0n) is 16.4. The number of amides is 1. The molecule has 1 aliphatic heterocycles. The van der Waals surface area contributed by atoms with E-state index in [1.54, 1.807) is 14.2 Å². The van der Waals surface area contributed by atoms with Gasteiger partial charge in [-0.1, -0.05) is 6.92 Å². The first-order valence-corrected chi connectivity index (χ1v) is 10.3. The third-order valence-corrected chi connectivity index (χ3v) is 5.96. The SMILES string of the molecule is COc1ccc(SC(C)C(=O)NCCCN2CCC(C)CC2)cc1OC. The lowest BCUT2D eigenvalue weighted by Crippen LogP contribution is -2.36. The number of carbonyl (C=O) groups excluding carboxylic acids is 1. The second-order valence-corrected chi connectivity index (χ2v) is 8.36. The maximum absolute atomic E-state index is 12.3. The van der Waals surface area contributed by atoms with Crippen molar-refractivity contribution in [3.05, 3.63) is 18.2 Å². The van der Waals surface area contributed by atoms with Gasteiger partial charge in [0.05, 0.1) is 19.5 Å². The molecule has 1 amide bonds. The lowest BCUT2D eigenvalue weighted by Gasteiger charge is -2.30. The highest BCUT2D eigenvalue weighted by Crippen LogP contribution is 2.33. The molecule has 6 heteroatoms. The second-order valence-electron chi connectivity index (χ2n) is 6.95. The Hall–Kier alpha value is -1.40. The number of rotatable bonds is 9. The number of benzene rings is 1. The van der Waals surface area contributed by atoms with Crippen LogP contribution in [0.5, 0.6) is 11.5 Å². The van der Waals surface area contributed by atoms with Gasteiger partial charge in [0.1, 0.15) is 0 Å². The molecular formula is C20H32N2O3S. The molecule has 1 N–H and O–H groups in total. The molecule has 1 aromatic carbocycles. The van der Waals surface area contributed by atoms with Gasteiger partial charge in [-0.2, -0.15) is 0 Å². The molecule has 26 heavy (non-hydrogen) atoms. The van der Waals surface area contributed by atoms with Crippen molar-refractivity contribution in [3.8, 4) is 11.5 Å². The topological polar surface area (TPSA) is 50.8 Å². The zero-order chi connectivity index (χ0) is 18.9. The summed E-state index contributed by atoms with van der Waals surface area (Å²) in [6.07, 6.45) is 3.60. The van der Waals surface area contributed by atoms with Crippen LogP contribution in [0.4, 0.5) is 0 Å². The standard InChI is InChI=1S/C20H32N2O3S/c1-15-8-12-22(13-9-15)11-5-10-21-20(23)16(2)26-17-6-7-18(24-3)19(14-17)25-4/h6-7,14-16H,5,8-13H2,1-4H3,(H,21,23). The number of piperidine rings is 1. The van der Waals surface area contributed by atoms with Gasteiger partial charge in [0, 0.05) is 11.4 Å². The summed E-state index contributed by atoms with van der Waals surface area (Å²) in [5.41, 5.74) is 0. The van der Waals surface area contributed by atoms with Crippen LogP contribution in [0.25, 0.3) is 0 Å². The zero-order valence-corrected chi connectivity index (χ0v) is 17.2. The van der Waals surface area contributed by atoms with Crippen molar-refractivity contribution in [2.45, 2.75) is 43.3 Å². The van der Waals surface area contributed by atoms with E-state index in [2.05, 4.69) is 17.1 Å². The molecule has 1 fully saturated rings. The highest BCUT2D eigenvalue weighted by atomic mass is 32.2. The maximum atomic E-state index is 12.3. The number of nitrogens with zero attached hydrogens (tertiary/aromatic N) is 1. The van der Waals surface area contributed by atoms with Gasteiger partial charge in [-0.25, -0.2) is 0 Å². The molecule has 0 bridgehead atoms. The van der Waals surface area contributed by atoms with Crippen molar-refractivity contribution in [1.82, 2.24) is 10.2 Å². The fraction of sp³-hybridized carbons (Fsp3) is 0.650. The van der Waals surface area contributed by atoms with Gasteiger partial charge < -0.3 is 19.7 Å². The van der Waals surface area contributed by atoms with Gasteiger partial charge in [-0.05, 0) is 69.9 Å². The lowest BCUT2D eigenvalue weighted by molar-refractivity contribution is -0.120. The van der Waals surface area contributed by atoms with Gasteiger partial charge in [0.2, 0.25) is 5.91 Å². The fourth-order valence-corrected chi connectivity index (χ4v) is 4.01. The van der Waals surface area contributed by atoms with E-state index in [0.29, 0.717) is 11.5 Å². The predicted octanol–water partition coefficient (Wildman–Crippen LogP) is 3.42. The molecule has 1 unspecified atom stereocenters. The Morgan fingerprint density at radius 1 is 1.27 bits per heavy atom. The van der Waals surface area contributed by atoms with Crippen LogP contribution in [-0.4, -0.2) is 56.5 Å². The van der Waals surface area contributed by atoms with Crippen LogP contribution in [0.3, 0.4) is 0 Å². The number of carbonyl (C=O) groups is 1. The van der Waals surface area contributed by atoms with Crippen molar-refractivity contribution in [1.29, 1.82) is 0 Å². The predicted molar refractivity (Wildman–Crippen MR) is 107 cm³/mol. The number of ether oxygens (including phenoxy) is 2. The van der Waals surface area contributed by atoms with Crippen molar-refractivity contribution in [2.24, 2.45) is 5.92 Å². The average molecular weight is 381 g/mol. The monoisotopic (exact) mass is 380 g/mol. The van der Waals surface area contributed by atoms with Crippen LogP contribution in [0.2, 0.25) is 0 Å². The van der Waals surface area contributed by atoms with Gasteiger partial charge in [-0.15, -0.1) is 11.8 Å². The van der Waals surface area contributed by atoms with E-state index < -0.39 is 0 Å². The summed E-state index contributed by atoms with van der Waals surface area (Å²) in [7, 11) is 3.23. The van der Waals surface area contributed by atoms with E-state index in [4.69, 9.17) is 9.47 Å². The van der Waals surface area contributed by atoms with Crippen LogP contribution >= 0.6 is 11.8 Å². The van der Waals surface area contributed by atoms with Gasteiger partial charge >= 0.3 is 0 Å². The Morgan fingerprint density at radius 2 is 1.96 bits per heavy atom. The third kappa shape index (κ3) is 6.40. The summed E-state index contributed by atoms with van der Waals surface area (Å²) in [6, 6.07) is 5.73. The minimum atomic E-state index is -0.149. The first kappa shape index (κ1) is 20.9. The first-order valence-electron chi connectivity index (χ1n) is 9.42. The summed E-state index contributed by atoms with van der Waals surface area (Å²) in [5.74, 6) is 2.32. The molecule has 1 aliphatic rings. The molecule has 1 saturated heterocycles. The Kier molecular flexibility index (Phi) is 8.59. The molecule has 5 nitrogen and oxygen atoms in total. The highest BCUT2D eigenvalue weighted by molar-refractivity contribution is 8.00. The Morgan fingerprint density at radius 3 is 2.62 bits per heavy atom. The normalized spacial score (nSPS) is 16.9. The smallest absolute Gasteiger partial charge is 0.233 e. The fourth-order valence-electron chi connectivity index (χ4n) is 3.09. The third-order valence-electron chi connectivity index (χ3n) is 4.86. The molecular weight excluding hydrogens is 348 g/mol. The molecule has 1 aromatic rings. The number of hydrogen-bond acceptors (Lipinski definition) is 5. The van der Waals surface area contributed by atoms with Crippen LogP contribution in [-0.2, 0) is 4.79 Å². The summed E-state index contributed by atoms with van der Waals surface area (Å²) in [4.78, 5) is 15.8. The molecule has 0 saturated carbocycles. The van der Waals surface area contributed by atoms with E-state index in [-0.39, 0.29) is 11.2 Å². The molecule has 0 aromatic heterocycles. The van der Waals surface area contributed by atoms with Crippen molar-refractivity contribution < 1.29 is 14.3 Å². The lowest BCUT2D eigenvalue weighted by atomic mass is 9.99. The van der Waals surface area contributed by atoms with Gasteiger partial charge in [0.15, 0.2) is 11.5 Å². The summed E-state index contributed by atoms with van der Waals surface area (Å²) in [6.45, 7) is 8.46.